The lowest BCUT2D eigenvalue weighted by Gasteiger charge is -2.26. The van der Waals surface area contributed by atoms with Crippen LogP contribution in [-0.4, -0.2) is 189 Å². The highest BCUT2D eigenvalue weighted by atomic mass is 31.3. The fraction of sp³-hybridized carbons (Fsp3) is 0.559. The number of aliphatic hydroxyl groups excluding tert-OH is 3. The molecule has 15 N–H and O–H groups in total. The van der Waals surface area contributed by atoms with E-state index in [0.29, 0.717) is 0 Å². The molecule has 0 amide bonds. The second-order valence-corrected chi connectivity index (χ2v) is 25.1. The average Bonchev–Trinajstić information content (AvgIpc) is 4.32. The van der Waals surface area contributed by atoms with Gasteiger partial charge in [0, 0.05) is 21.3 Å². The molecule has 6 aromatic rings. The number of nitrogens with one attached hydrogen (secondary N) is 3. The first-order valence-corrected chi connectivity index (χ1v) is 30.2. The molecular weight excluding hydrogens is 1210 g/mol. The first-order chi connectivity index (χ1) is 37.9. The number of anilines is 3. The highest BCUT2D eigenvalue weighted by Gasteiger charge is 2.54. The quantitative estimate of drug-likeness (QED) is 0.0219. The predicted octanol–water partition coefficient (Wildman–Crippen LogP) is -3.48. The Morgan fingerprint density at radius 3 is 1.83 bits per heavy atom. The predicted molar refractivity (Wildman–Crippen MR) is 260 cm³/mol. The summed E-state index contributed by atoms with van der Waals surface area (Å²) in [5.41, 5.74) is 9.72. The average molecular weight is 1250 g/mol. The number of phosphoric acid groups is 5. The van der Waals surface area contributed by atoms with Crippen molar-refractivity contribution in [2.45, 2.75) is 73.6 Å². The third-order valence-corrected chi connectivity index (χ3v) is 19.1. The fourth-order valence-electron chi connectivity index (χ4n) is 8.88. The smallest absolute Gasteiger partial charge is 0.387 e. The number of nitrogens with zero attached hydrogens (tertiary/aromatic N) is 10. The third kappa shape index (κ3) is 12.6. The van der Waals surface area contributed by atoms with Crippen molar-refractivity contribution < 1.29 is 122 Å². The van der Waals surface area contributed by atoms with Gasteiger partial charge in [0.1, 0.15) is 66.8 Å². The van der Waals surface area contributed by atoms with Gasteiger partial charge in [-0.2, -0.15) is 17.9 Å². The number of H-pyrrole nitrogens is 2. The van der Waals surface area contributed by atoms with Gasteiger partial charge in [0.05, 0.1) is 39.5 Å². The maximum absolute atomic E-state index is 13.7. The second kappa shape index (κ2) is 22.9. The van der Waals surface area contributed by atoms with Crippen molar-refractivity contribution in [1.29, 1.82) is 0 Å². The van der Waals surface area contributed by atoms with Crippen LogP contribution >= 0.6 is 39.1 Å². The van der Waals surface area contributed by atoms with E-state index in [1.165, 1.54) is 40.5 Å². The number of rotatable bonds is 23. The van der Waals surface area contributed by atoms with E-state index in [1.54, 1.807) is 0 Å². The number of nitrogen functional groups attached to an aromatic ring is 2. The molecule has 0 saturated carbocycles. The summed E-state index contributed by atoms with van der Waals surface area (Å²) in [6.07, 6.45) is -14.9. The van der Waals surface area contributed by atoms with E-state index in [0.717, 1.165) is 31.4 Å². The maximum atomic E-state index is 13.7. The van der Waals surface area contributed by atoms with Crippen LogP contribution < -0.4 is 32.5 Å². The van der Waals surface area contributed by atoms with Gasteiger partial charge in [0.15, 0.2) is 41.4 Å². The van der Waals surface area contributed by atoms with Crippen molar-refractivity contribution in [2.24, 2.45) is 7.05 Å². The van der Waals surface area contributed by atoms with E-state index in [1.807, 2.05) is 0 Å². The van der Waals surface area contributed by atoms with Crippen molar-refractivity contribution in [3.63, 3.8) is 0 Å². The SMILES string of the molecule is CNc1ncnc2c1ncn2[C@@H]1O[C@H](COP(=O)(O)OP(=O)(O)OP(=O)(O)OP(=O)(O)OC[C@H]2O[C@@H]([n+]3cn(C)c4c(=O)[nH]c(N)nc43)[C@@H](O)C2OC)[C@H](OP(=O)(O)OC[C@H]2O[C@@H](n3cnc4c(=O)[nH]c(N)nc43)C(O)[C@H]2O)C1OC. The molecule has 6 aromatic heterocycles. The second-order valence-electron chi connectivity index (χ2n) is 17.4. The zero-order valence-electron chi connectivity index (χ0n) is 41.6. The Morgan fingerprint density at radius 1 is 0.654 bits per heavy atom. The van der Waals surface area contributed by atoms with Gasteiger partial charge in [-0.1, -0.05) is 4.98 Å². The molecule has 0 aliphatic carbocycles. The standard InChI is InChI=1S/C34H48N15O27P5/c1-37-24-15-25(39-8-38-24)47(9-40-15)32-23(66-4)22(73-77(55,56)67-5-12-18(50)19(51)30(70-12)48-10-41-16-26(48)42-33(35)44-28(16)53)14(72-32)7-69-79(59,60)75-81(63,64)76-80(61,62)74-78(57,58)68-6-13-21(65-3)20(52)31(71-13)49-11-46(2)17-27(49)43-34(36)45-29(17)54/h8-14,18-23,30-32,50-52H,5-7H2,1-4H3,(H11-,35,36,37,38,39,42,43,44,45,53,54,55,56,57,58,59,60,61,62,63,64)/p+1/t12-,13-,14-,18+,19?,20+,21?,22+,23?,30-,31-,32-/m1/s1. The molecule has 9 heterocycles. The molecule has 0 radical (unpaired) electrons. The summed E-state index contributed by atoms with van der Waals surface area (Å²) < 4.78 is 131. The van der Waals surface area contributed by atoms with Gasteiger partial charge in [-0.05, 0) is 0 Å². The number of methoxy groups -OCH3 is 2. The summed E-state index contributed by atoms with van der Waals surface area (Å²) in [7, 11) is -25.1. The number of aryl methyl sites for hydroxylation is 1. The number of hydrogen-bond acceptors (Lipinski definition) is 31. The first-order valence-electron chi connectivity index (χ1n) is 22.7. The molecule has 3 fully saturated rings. The Bertz CT molecular complexity index is 3710. The largest absolute Gasteiger partial charge is 0.490 e. The summed E-state index contributed by atoms with van der Waals surface area (Å²) >= 11 is 0. The van der Waals surface area contributed by atoms with E-state index in [-0.39, 0.29) is 51.2 Å². The van der Waals surface area contributed by atoms with E-state index in [4.69, 9.17) is 53.2 Å². The van der Waals surface area contributed by atoms with Crippen molar-refractivity contribution in [3.05, 3.63) is 46.0 Å². The number of imidazole rings is 3. The molecule has 3 aliphatic rings. The number of nitrogens with two attached hydrogens (primary N) is 2. The maximum Gasteiger partial charge on any atom is 0.490 e. The van der Waals surface area contributed by atoms with Crippen molar-refractivity contribution in [1.82, 2.24) is 53.6 Å². The number of hydrogen-bond donors (Lipinski definition) is 13. The molecule has 0 aromatic carbocycles. The van der Waals surface area contributed by atoms with Crippen LogP contribution in [0.25, 0.3) is 33.5 Å². The van der Waals surface area contributed by atoms with Crippen molar-refractivity contribution in [2.75, 3.05) is 57.9 Å². The lowest BCUT2D eigenvalue weighted by atomic mass is 10.1. The molecule has 3 aliphatic heterocycles. The summed E-state index contributed by atoms with van der Waals surface area (Å²) in [6.45, 7) is -3.41. The molecule has 0 spiro atoms. The zero-order valence-corrected chi connectivity index (χ0v) is 46.0. The Labute approximate surface area is 449 Å². The van der Waals surface area contributed by atoms with Crippen LogP contribution in [0.15, 0.2) is 34.9 Å². The summed E-state index contributed by atoms with van der Waals surface area (Å²) in [5.74, 6) is -0.400. The zero-order chi connectivity index (χ0) is 58.9. The number of ether oxygens (including phenoxy) is 5. The minimum atomic E-state index is -6.43. The number of aliphatic hydroxyl groups is 3. The lowest BCUT2D eigenvalue weighted by Crippen LogP contribution is -2.46. The fourth-order valence-corrected chi connectivity index (χ4v) is 14.8. The topological polar surface area (TPSA) is 584 Å². The summed E-state index contributed by atoms with van der Waals surface area (Å²) in [6, 6.07) is 0. The van der Waals surface area contributed by atoms with Crippen LogP contribution in [0.1, 0.15) is 18.7 Å². The monoisotopic (exact) mass is 1250 g/mol. The number of aromatic nitrogens is 12. The Balaban J connectivity index is 0.856. The molecular formula is C34H49N15O27P5+. The van der Waals surface area contributed by atoms with E-state index < -0.39 is 144 Å². The van der Waals surface area contributed by atoms with Gasteiger partial charge in [-0.15, -0.1) is 0 Å². The molecule has 446 valence electrons. The highest BCUT2D eigenvalue weighted by molar-refractivity contribution is 7.69. The van der Waals surface area contributed by atoms with E-state index in [9.17, 15) is 72.2 Å². The Morgan fingerprint density at radius 2 is 1.20 bits per heavy atom. The van der Waals surface area contributed by atoms with Crippen molar-refractivity contribution in [3.8, 4) is 0 Å². The van der Waals surface area contributed by atoms with Gasteiger partial charge in [0.2, 0.25) is 17.7 Å². The van der Waals surface area contributed by atoms with Gasteiger partial charge in [-0.3, -0.25) is 51.4 Å². The van der Waals surface area contributed by atoms with E-state index >= 15 is 0 Å². The van der Waals surface area contributed by atoms with Crippen LogP contribution in [0.4, 0.5) is 17.7 Å². The van der Waals surface area contributed by atoms with Crippen molar-refractivity contribution >= 4 is 90.3 Å². The summed E-state index contributed by atoms with van der Waals surface area (Å²) in [4.78, 5) is 107. The molecule has 47 heteroatoms. The number of fused-ring (bicyclic) bond motifs is 3. The third-order valence-electron chi connectivity index (χ3n) is 12.2. The van der Waals surface area contributed by atoms with Crippen LogP contribution in [0.5, 0.6) is 0 Å². The molecule has 17 atom stereocenters. The van der Waals surface area contributed by atoms with Crippen LogP contribution in [0, 0.1) is 0 Å². The van der Waals surface area contributed by atoms with Crippen LogP contribution in [0.3, 0.4) is 0 Å². The van der Waals surface area contributed by atoms with Gasteiger partial charge in [0.25, 0.3) is 17.1 Å². The molecule has 3 saturated heterocycles. The number of aromatic amines is 2. The number of phosphoric ester groups is 3. The molecule has 0 bridgehead atoms. The highest BCUT2D eigenvalue weighted by Crippen LogP contribution is 2.71. The molecule has 8 unspecified atom stereocenters. The van der Waals surface area contributed by atoms with Gasteiger partial charge < -0.3 is 80.3 Å². The Kier molecular flexibility index (Phi) is 17.1. The van der Waals surface area contributed by atoms with Gasteiger partial charge >= 0.3 is 44.8 Å². The van der Waals surface area contributed by atoms with Crippen LogP contribution in [-0.2, 0) is 84.6 Å². The molecule has 9 rings (SSSR count). The molecule has 81 heavy (non-hydrogen) atoms. The van der Waals surface area contributed by atoms with E-state index in [2.05, 4.69) is 58.1 Å². The minimum absolute atomic E-state index is 0.00403. The minimum Gasteiger partial charge on any atom is -0.387 e. The van der Waals surface area contributed by atoms with Gasteiger partial charge in [-0.25, -0.2) is 47.3 Å². The summed E-state index contributed by atoms with van der Waals surface area (Å²) in [5, 5.41) is 35.6. The molecule has 42 nitrogen and oxygen atoms in total. The van der Waals surface area contributed by atoms with Crippen LogP contribution in [0.2, 0.25) is 0 Å². The lowest BCUT2D eigenvalue weighted by molar-refractivity contribution is -0.745. The first kappa shape index (κ1) is 60.6. The normalized spacial score (nSPS) is 29.9. The Hall–Kier alpha value is -5.00.